The maximum absolute atomic E-state index is 12.7. The molecule has 0 aromatic rings. The van der Waals surface area contributed by atoms with E-state index in [2.05, 4.69) is 51.6 Å². The molecule has 1 N–H and O–H groups in total. The Hall–Kier alpha value is -0.690. The number of aliphatic hydroxyl groups is 1. The van der Waals surface area contributed by atoms with Crippen LogP contribution in [0.3, 0.4) is 0 Å². The fourth-order valence-electron chi connectivity index (χ4n) is 9.79. The highest BCUT2D eigenvalue weighted by Gasteiger charge is 2.15. The highest BCUT2D eigenvalue weighted by Crippen LogP contribution is 2.23. The van der Waals surface area contributed by atoms with Crippen LogP contribution < -0.4 is 0 Å². The summed E-state index contributed by atoms with van der Waals surface area (Å²) in [5.41, 5.74) is 0. The number of unbranched alkanes of at least 4 members (excludes halogenated alkanes) is 32. The summed E-state index contributed by atoms with van der Waals surface area (Å²) < 4.78 is 12.0. The van der Waals surface area contributed by atoms with Gasteiger partial charge < -0.3 is 24.4 Å². The van der Waals surface area contributed by atoms with Crippen molar-refractivity contribution in [1.82, 2.24) is 9.80 Å². The maximum atomic E-state index is 12.7. The van der Waals surface area contributed by atoms with Crippen LogP contribution in [-0.4, -0.2) is 80.7 Å². The average molecular weight is 936 g/mol. The molecule has 3 unspecified atom stereocenters. The summed E-state index contributed by atoms with van der Waals surface area (Å²) in [4.78, 5) is 17.7. The first-order valence-corrected chi connectivity index (χ1v) is 30.2. The molecule has 66 heavy (non-hydrogen) atoms. The van der Waals surface area contributed by atoms with Crippen molar-refractivity contribution in [3.8, 4) is 0 Å². The lowest BCUT2D eigenvalue weighted by atomic mass is 9.94. The first-order valence-electron chi connectivity index (χ1n) is 30.2. The number of hydrogen-bond donors (Lipinski definition) is 1. The zero-order chi connectivity index (χ0) is 48.2. The van der Waals surface area contributed by atoms with Crippen molar-refractivity contribution in [1.29, 1.82) is 0 Å². The van der Waals surface area contributed by atoms with Crippen LogP contribution >= 0.6 is 0 Å². The fraction of sp³-hybridized carbons (Fsp3) is 0.983. The summed E-state index contributed by atoms with van der Waals surface area (Å²) in [6, 6.07) is 0. The lowest BCUT2D eigenvalue weighted by Gasteiger charge is -2.24. The van der Waals surface area contributed by atoms with Gasteiger partial charge in [0.2, 0.25) is 0 Å². The molecule has 0 saturated heterocycles. The molecule has 0 fully saturated rings. The van der Waals surface area contributed by atoms with Crippen LogP contribution in [0.5, 0.6) is 0 Å². The van der Waals surface area contributed by atoms with Crippen LogP contribution in [-0.2, 0) is 14.3 Å². The Bertz CT molecular complexity index is 932. The summed E-state index contributed by atoms with van der Waals surface area (Å²) in [6.45, 7) is 15.2. The van der Waals surface area contributed by atoms with Gasteiger partial charge in [0.05, 0.1) is 13.2 Å². The Morgan fingerprint density at radius 1 is 0.379 bits per heavy atom. The van der Waals surface area contributed by atoms with Crippen molar-refractivity contribution in [2.45, 2.75) is 317 Å². The van der Waals surface area contributed by atoms with E-state index in [9.17, 15) is 9.90 Å². The minimum absolute atomic E-state index is 0.0325. The van der Waals surface area contributed by atoms with Crippen molar-refractivity contribution >= 4 is 5.97 Å². The quantitative estimate of drug-likeness (QED) is 0.0372. The molecule has 0 heterocycles. The van der Waals surface area contributed by atoms with E-state index in [-0.39, 0.29) is 5.97 Å². The largest absolute Gasteiger partial charge is 0.465 e. The number of hydrogen-bond acceptors (Lipinski definition) is 6. The number of rotatable bonds is 56. The third-order valence-electron chi connectivity index (χ3n) is 14.5. The first-order chi connectivity index (χ1) is 32.4. The second kappa shape index (κ2) is 53.7. The second-order valence-electron chi connectivity index (χ2n) is 21.6. The number of nitrogens with zero attached hydrogens (tertiary/aromatic N) is 2. The van der Waals surface area contributed by atoms with Gasteiger partial charge in [-0.05, 0) is 96.8 Å². The number of likely N-dealkylation sites (N-methyl/N-ethyl adjacent to an activating group) is 1. The predicted octanol–water partition coefficient (Wildman–Crippen LogP) is 18.2. The topological polar surface area (TPSA) is 62.2 Å². The van der Waals surface area contributed by atoms with Crippen molar-refractivity contribution in [3.05, 3.63) is 0 Å². The lowest BCUT2D eigenvalue weighted by molar-refractivity contribution is -0.145. The molecule has 0 aliphatic heterocycles. The number of esters is 1. The molecular formula is C60H122N2O4. The molecule has 0 radical (unpaired) electrons. The van der Waals surface area contributed by atoms with Gasteiger partial charge in [0.25, 0.3) is 0 Å². The van der Waals surface area contributed by atoms with Gasteiger partial charge in [-0.25, -0.2) is 0 Å². The molecule has 0 aromatic carbocycles. The fourth-order valence-corrected chi connectivity index (χ4v) is 9.79. The van der Waals surface area contributed by atoms with Gasteiger partial charge in [0.1, 0.15) is 0 Å². The molecule has 6 heteroatoms. The molecule has 0 spiro atoms. The highest BCUT2D eigenvalue weighted by atomic mass is 16.6. The Morgan fingerprint density at radius 3 is 1.08 bits per heavy atom. The van der Waals surface area contributed by atoms with Crippen LogP contribution in [0.15, 0.2) is 0 Å². The lowest BCUT2D eigenvalue weighted by Crippen LogP contribution is -2.33. The molecule has 0 amide bonds. The van der Waals surface area contributed by atoms with E-state index in [1.807, 2.05) is 0 Å². The third-order valence-corrected chi connectivity index (χ3v) is 14.5. The van der Waals surface area contributed by atoms with Gasteiger partial charge in [-0.3, -0.25) is 4.79 Å². The molecule has 0 saturated carbocycles. The minimum Gasteiger partial charge on any atom is -0.465 e. The molecular weight excluding hydrogens is 813 g/mol. The summed E-state index contributed by atoms with van der Waals surface area (Å²) in [7, 11) is 4.36. The van der Waals surface area contributed by atoms with Gasteiger partial charge in [-0.15, -0.1) is 0 Å². The van der Waals surface area contributed by atoms with Crippen LogP contribution in [0.25, 0.3) is 0 Å². The van der Waals surface area contributed by atoms with E-state index in [0.717, 1.165) is 45.4 Å². The van der Waals surface area contributed by atoms with Gasteiger partial charge >= 0.3 is 5.97 Å². The smallest absolute Gasteiger partial charge is 0.305 e. The molecule has 0 aliphatic carbocycles. The summed E-state index contributed by atoms with van der Waals surface area (Å²) in [5.74, 6) is 1.19. The van der Waals surface area contributed by atoms with Gasteiger partial charge in [0, 0.05) is 19.5 Å². The zero-order valence-corrected chi connectivity index (χ0v) is 46.2. The van der Waals surface area contributed by atoms with E-state index < -0.39 is 6.29 Å². The van der Waals surface area contributed by atoms with Gasteiger partial charge in [-0.1, -0.05) is 246 Å². The van der Waals surface area contributed by atoms with Crippen LogP contribution in [0.1, 0.15) is 310 Å². The predicted molar refractivity (Wildman–Crippen MR) is 291 cm³/mol. The Labute approximate surface area is 415 Å². The second-order valence-corrected chi connectivity index (χ2v) is 21.6. The zero-order valence-electron chi connectivity index (χ0n) is 46.2. The standard InChI is InChI=1S/C60H122N2O4/c1-7-11-15-19-23-25-31-39-47-57(45-37-29-21-17-13-9-3)55-65-59(63)49-41-33-27-35-43-51-62(54-53-61(5)6)52-44-36-28-34-42-50-60(64)66-56-58(46-38-30-22-18-14-10-4)48-40-32-26-24-20-16-12-8-2/h57-59,63H,7-56H2,1-6H3. The van der Waals surface area contributed by atoms with E-state index in [0.29, 0.717) is 24.9 Å². The van der Waals surface area contributed by atoms with Crippen molar-refractivity contribution in [2.24, 2.45) is 11.8 Å². The summed E-state index contributed by atoms with van der Waals surface area (Å²) >= 11 is 0. The maximum Gasteiger partial charge on any atom is 0.305 e. The van der Waals surface area contributed by atoms with Gasteiger partial charge in [0.15, 0.2) is 6.29 Å². The van der Waals surface area contributed by atoms with E-state index in [1.165, 1.54) is 264 Å². The first kappa shape index (κ1) is 65.3. The molecule has 3 atom stereocenters. The van der Waals surface area contributed by atoms with E-state index >= 15 is 0 Å². The molecule has 0 rings (SSSR count). The molecule has 6 nitrogen and oxygen atoms in total. The van der Waals surface area contributed by atoms with E-state index in [4.69, 9.17) is 9.47 Å². The Morgan fingerprint density at radius 2 is 0.697 bits per heavy atom. The van der Waals surface area contributed by atoms with Crippen LogP contribution in [0.2, 0.25) is 0 Å². The number of ether oxygens (including phenoxy) is 2. The monoisotopic (exact) mass is 935 g/mol. The highest BCUT2D eigenvalue weighted by molar-refractivity contribution is 5.69. The number of aliphatic hydroxyl groups excluding tert-OH is 1. The molecule has 0 bridgehead atoms. The van der Waals surface area contributed by atoms with Crippen LogP contribution in [0.4, 0.5) is 0 Å². The third kappa shape index (κ3) is 49.7. The molecule has 0 aliphatic rings. The molecule has 0 aromatic heterocycles. The van der Waals surface area contributed by atoms with Crippen LogP contribution in [0, 0.1) is 11.8 Å². The SMILES string of the molecule is CCCCCCCCCCC(CCCCCCCC)COC(=O)CCCCCCCN(CCCCCCCC(O)OCC(CCCCCCCC)CCCCCCCCCC)CCN(C)C. The summed E-state index contributed by atoms with van der Waals surface area (Å²) in [6.07, 6.45) is 55.5. The minimum atomic E-state index is -0.600. The average Bonchev–Trinajstić information content (AvgIpc) is 3.31. The number of carbonyl (C=O) groups excluding carboxylic acids is 1. The Kier molecular flexibility index (Phi) is 53.1. The van der Waals surface area contributed by atoms with Crippen molar-refractivity contribution in [3.63, 3.8) is 0 Å². The Balaban J connectivity index is 4.34. The van der Waals surface area contributed by atoms with Crippen molar-refractivity contribution < 1.29 is 19.4 Å². The summed E-state index contributed by atoms with van der Waals surface area (Å²) in [5, 5.41) is 10.7. The van der Waals surface area contributed by atoms with Crippen molar-refractivity contribution in [2.75, 3.05) is 53.5 Å². The normalized spacial score (nSPS) is 13.3. The molecule has 396 valence electrons. The van der Waals surface area contributed by atoms with E-state index in [1.54, 1.807) is 0 Å². The number of carbonyl (C=O) groups is 1. The van der Waals surface area contributed by atoms with Gasteiger partial charge in [-0.2, -0.15) is 0 Å².